The molecular formula is C9H20N2O. The molecule has 1 heterocycles. The molecule has 3 heteroatoms. The van der Waals surface area contributed by atoms with Gasteiger partial charge in [0.25, 0.3) is 0 Å². The van der Waals surface area contributed by atoms with Crippen LogP contribution in [0.1, 0.15) is 20.3 Å². The quantitative estimate of drug-likeness (QED) is 0.671. The van der Waals surface area contributed by atoms with Gasteiger partial charge in [0.15, 0.2) is 0 Å². The van der Waals surface area contributed by atoms with Crippen LogP contribution in [0, 0.1) is 0 Å². The van der Waals surface area contributed by atoms with E-state index in [-0.39, 0.29) is 0 Å². The maximum absolute atomic E-state index is 5.68. The minimum Gasteiger partial charge on any atom is -0.376 e. The van der Waals surface area contributed by atoms with Crippen molar-refractivity contribution in [1.29, 1.82) is 0 Å². The lowest BCUT2D eigenvalue weighted by Gasteiger charge is -2.36. The van der Waals surface area contributed by atoms with Crippen LogP contribution in [0.3, 0.4) is 0 Å². The summed E-state index contributed by atoms with van der Waals surface area (Å²) in [6.45, 7) is 8.02. The van der Waals surface area contributed by atoms with Gasteiger partial charge >= 0.3 is 0 Å². The molecular weight excluding hydrogens is 152 g/mol. The van der Waals surface area contributed by atoms with Crippen molar-refractivity contribution in [3.8, 4) is 0 Å². The molecule has 2 N–H and O–H groups in total. The largest absolute Gasteiger partial charge is 0.376 e. The minimum atomic E-state index is 0.374. The average Bonchev–Trinajstić information content (AvgIpc) is 2.07. The van der Waals surface area contributed by atoms with Gasteiger partial charge in [-0.25, -0.2) is 0 Å². The maximum Gasteiger partial charge on any atom is 0.0674 e. The summed E-state index contributed by atoms with van der Waals surface area (Å²) in [5.74, 6) is 0. The molecule has 0 aliphatic carbocycles. The topological polar surface area (TPSA) is 38.5 Å². The second kappa shape index (κ2) is 4.80. The molecule has 0 aromatic carbocycles. The van der Waals surface area contributed by atoms with Crippen LogP contribution in [0.15, 0.2) is 0 Å². The highest BCUT2D eigenvalue weighted by atomic mass is 16.5. The Morgan fingerprint density at radius 1 is 1.67 bits per heavy atom. The first-order valence-electron chi connectivity index (χ1n) is 4.83. The highest BCUT2D eigenvalue weighted by Crippen LogP contribution is 2.09. The van der Waals surface area contributed by atoms with Gasteiger partial charge in [0, 0.05) is 25.7 Å². The van der Waals surface area contributed by atoms with Crippen molar-refractivity contribution in [3.63, 3.8) is 0 Å². The molecule has 1 rings (SSSR count). The summed E-state index contributed by atoms with van der Waals surface area (Å²) < 4.78 is 5.46. The molecule has 72 valence electrons. The first kappa shape index (κ1) is 9.96. The molecule has 0 spiro atoms. The summed E-state index contributed by atoms with van der Waals surface area (Å²) in [6.07, 6.45) is 1.52. The molecule has 2 unspecified atom stereocenters. The summed E-state index contributed by atoms with van der Waals surface area (Å²) in [5.41, 5.74) is 5.68. The molecule has 0 saturated carbocycles. The lowest BCUT2D eigenvalue weighted by atomic mass is 10.1. The number of nitrogens with two attached hydrogens (primary N) is 1. The minimum absolute atomic E-state index is 0.374. The fourth-order valence-electron chi connectivity index (χ4n) is 1.75. The lowest BCUT2D eigenvalue weighted by Crippen LogP contribution is -2.49. The third-order valence-corrected chi connectivity index (χ3v) is 2.53. The number of morpholine rings is 1. The predicted octanol–water partition coefficient (Wildman–Crippen LogP) is 0.444. The fraction of sp³-hybridized carbons (Fsp3) is 1.00. The van der Waals surface area contributed by atoms with Crippen molar-refractivity contribution in [2.75, 3.05) is 26.2 Å². The van der Waals surface area contributed by atoms with Gasteiger partial charge in [-0.1, -0.05) is 6.92 Å². The van der Waals surface area contributed by atoms with Crippen LogP contribution >= 0.6 is 0 Å². The van der Waals surface area contributed by atoms with Crippen molar-refractivity contribution in [1.82, 2.24) is 4.90 Å². The standard InChI is InChI=1S/C9H20N2O/c1-3-9(6-10)11-4-5-12-8(2)7-11/h8-9H,3-7,10H2,1-2H3. The highest BCUT2D eigenvalue weighted by molar-refractivity contribution is 4.76. The van der Waals surface area contributed by atoms with Gasteiger partial charge in [0.1, 0.15) is 0 Å². The molecule has 3 nitrogen and oxygen atoms in total. The van der Waals surface area contributed by atoms with E-state index in [0.29, 0.717) is 12.1 Å². The molecule has 1 aliphatic rings. The summed E-state index contributed by atoms with van der Waals surface area (Å²) in [4.78, 5) is 2.44. The molecule has 2 atom stereocenters. The number of hydrogen-bond donors (Lipinski definition) is 1. The highest BCUT2D eigenvalue weighted by Gasteiger charge is 2.21. The van der Waals surface area contributed by atoms with E-state index in [1.165, 1.54) is 0 Å². The van der Waals surface area contributed by atoms with Crippen molar-refractivity contribution in [3.05, 3.63) is 0 Å². The predicted molar refractivity (Wildman–Crippen MR) is 50.1 cm³/mol. The van der Waals surface area contributed by atoms with E-state index in [1.54, 1.807) is 0 Å². The van der Waals surface area contributed by atoms with Crippen LogP contribution in [-0.2, 0) is 4.74 Å². The van der Waals surface area contributed by atoms with Gasteiger partial charge in [-0.05, 0) is 13.3 Å². The van der Waals surface area contributed by atoms with Crippen LogP contribution < -0.4 is 5.73 Å². The van der Waals surface area contributed by atoms with E-state index in [4.69, 9.17) is 10.5 Å². The molecule has 12 heavy (non-hydrogen) atoms. The van der Waals surface area contributed by atoms with Crippen LogP contribution in [0.2, 0.25) is 0 Å². The third-order valence-electron chi connectivity index (χ3n) is 2.53. The van der Waals surface area contributed by atoms with Gasteiger partial charge in [-0.2, -0.15) is 0 Å². The Labute approximate surface area is 74.9 Å². The van der Waals surface area contributed by atoms with Gasteiger partial charge in [0.05, 0.1) is 12.7 Å². The first-order valence-corrected chi connectivity index (χ1v) is 4.83. The van der Waals surface area contributed by atoms with E-state index < -0.39 is 0 Å². The smallest absolute Gasteiger partial charge is 0.0674 e. The molecule has 0 bridgehead atoms. The van der Waals surface area contributed by atoms with Crippen molar-refractivity contribution >= 4 is 0 Å². The molecule has 0 radical (unpaired) electrons. The van der Waals surface area contributed by atoms with E-state index in [0.717, 1.165) is 32.7 Å². The van der Waals surface area contributed by atoms with Crippen molar-refractivity contribution < 1.29 is 4.74 Å². The SMILES string of the molecule is CCC(CN)N1CCOC(C)C1. The first-order chi connectivity index (χ1) is 5.77. The second-order valence-electron chi connectivity index (χ2n) is 3.47. The Morgan fingerprint density at radius 3 is 2.92 bits per heavy atom. The number of rotatable bonds is 3. The van der Waals surface area contributed by atoms with E-state index in [1.807, 2.05) is 0 Å². The monoisotopic (exact) mass is 172 g/mol. The summed E-state index contributed by atoms with van der Waals surface area (Å²) in [7, 11) is 0. The van der Waals surface area contributed by atoms with Gasteiger partial charge < -0.3 is 10.5 Å². The van der Waals surface area contributed by atoms with Crippen LogP contribution in [-0.4, -0.2) is 43.3 Å². The molecule has 0 aromatic rings. The van der Waals surface area contributed by atoms with Crippen LogP contribution in [0.5, 0.6) is 0 Å². The van der Waals surface area contributed by atoms with Crippen molar-refractivity contribution in [2.45, 2.75) is 32.4 Å². The van der Waals surface area contributed by atoms with E-state index >= 15 is 0 Å². The normalized spacial score (nSPS) is 28.8. The van der Waals surface area contributed by atoms with Gasteiger partial charge in [-0.15, -0.1) is 0 Å². The number of hydrogen-bond acceptors (Lipinski definition) is 3. The lowest BCUT2D eigenvalue weighted by molar-refractivity contribution is -0.0331. The van der Waals surface area contributed by atoms with E-state index in [9.17, 15) is 0 Å². The zero-order valence-electron chi connectivity index (χ0n) is 8.12. The second-order valence-corrected chi connectivity index (χ2v) is 3.47. The molecule has 1 fully saturated rings. The Kier molecular flexibility index (Phi) is 3.98. The molecule has 0 amide bonds. The molecule has 1 aliphatic heterocycles. The van der Waals surface area contributed by atoms with E-state index in [2.05, 4.69) is 18.7 Å². The van der Waals surface area contributed by atoms with Crippen LogP contribution in [0.25, 0.3) is 0 Å². The van der Waals surface area contributed by atoms with Crippen LogP contribution in [0.4, 0.5) is 0 Å². The maximum atomic E-state index is 5.68. The molecule has 0 aromatic heterocycles. The van der Waals surface area contributed by atoms with Gasteiger partial charge in [0.2, 0.25) is 0 Å². The number of ether oxygens (including phenoxy) is 1. The average molecular weight is 172 g/mol. The summed E-state index contributed by atoms with van der Waals surface area (Å²) in [6, 6.07) is 0.552. The van der Waals surface area contributed by atoms with Crippen molar-refractivity contribution in [2.24, 2.45) is 5.73 Å². The zero-order chi connectivity index (χ0) is 8.97. The Bertz CT molecular complexity index is 126. The van der Waals surface area contributed by atoms with Gasteiger partial charge in [-0.3, -0.25) is 4.90 Å². The zero-order valence-corrected chi connectivity index (χ0v) is 8.12. The third kappa shape index (κ3) is 2.44. The Balaban J connectivity index is 2.38. The Morgan fingerprint density at radius 2 is 2.42 bits per heavy atom. The molecule has 1 saturated heterocycles. The Hall–Kier alpha value is -0.120. The number of nitrogens with zero attached hydrogens (tertiary/aromatic N) is 1. The summed E-state index contributed by atoms with van der Waals surface area (Å²) >= 11 is 0. The fourth-order valence-corrected chi connectivity index (χ4v) is 1.75. The summed E-state index contributed by atoms with van der Waals surface area (Å²) in [5, 5.41) is 0.